The number of thiol groups is 1. The van der Waals surface area contributed by atoms with Crippen LogP contribution in [0.5, 0.6) is 0 Å². The summed E-state index contributed by atoms with van der Waals surface area (Å²) in [6, 6.07) is 0. The van der Waals surface area contributed by atoms with Crippen molar-refractivity contribution in [1.29, 1.82) is 0 Å². The van der Waals surface area contributed by atoms with E-state index < -0.39 is 0 Å². The smallest absolute Gasteiger partial charge is 0.0295 e. The van der Waals surface area contributed by atoms with Crippen LogP contribution in [0.15, 0.2) is 0 Å². The van der Waals surface area contributed by atoms with Gasteiger partial charge in [-0.25, -0.2) is 0 Å². The Morgan fingerprint density at radius 2 is 2.00 bits per heavy atom. The van der Waals surface area contributed by atoms with Crippen molar-refractivity contribution >= 4 is 34.2 Å². The van der Waals surface area contributed by atoms with Crippen LogP contribution in [0.2, 0.25) is 0 Å². The molecule has 0 aliphatic rings. The zero-order chi connectivity index (χ0) is 6.62. The fourth-order valence-corrected chi connectivity index (χ4v) is 2.74. The normalized spacial score (nSPS) is 12.0. The van der Waals surface area contributed by atoms with E-state index in [4.69, 9.17) is 0 Å². The molecule has 0 radical (unpaired) electrons. The molecule has 0 saturated heterocycles. The summed E-state index contributed by atoms with van der Waals surface area (Å²) in [5.41, 5.74) is 0. The third-order valence-corrected chi connectivity index (χ3v) is 4.31. The van der Waals surface area contributed by atoms with E-state index in [0.717, 1.165) is 5.75 Å². The fourth-order valence-electron chi connectivity index (χ4n) is 0.252. The molecule has 0 bridgehead atoms. The molecular formula is C5H12S3. The first kappa shape index (κ1) is 9.05. The van der Waals surface area contributed by atoms with Crippen LogP contribution >= 0.6 is 34.2 Å². The van der Waals surface area contributed by atoms with Gasteiger partial charge in [-0.3, -0.25) is 0 Å². The first-order chi connectivity index (χ1) is 3.62. The number of rotatable bonds is 3. The maximum Gasteiger partial charge on any atom is 0.0295 e. The van der Waals surface area contributed by atoms with Gasteiger partial charge in [0, 0.05) is 10.5 Å². The molecule has 0 saturated carbocycles. The predicted molar refractivity (Wildman–Crippen MR) is 49.0 cm³/mol. The quantitative estimate of drug-likeness (QED) is 0.508. The highest BCUT2D eigenvalue weighted by Gasteiger charge is 2.14. The van der Waals surface area contributed by atoms with Crippen LogP contribution in [0.25, 0.3) is 0 Å². The molecule has 0 aromatic carbocycles. The lowest BCUT2D eigenvalue weighted by molar-refractivity contribution is 0.827. The van der Waals surface area contributed by atoms with E-state index in [1.807, 2.05) is 10.8 Å². The Morgan fingerprint density at radius 1 is 1.50 bits per heavy atom. The van der Waals surface area contributed by atoms with Crippen molar-refractivity contribution in [2.45, 2.75) is 18.6 Å². The van der Waals surface area contributed by atoms with Gasteiger partial charge in [-0.2, -0.15) is 12.6 Å². The minimum absolute atomic E-state index is 0.336. The summed E-state index contributed by atoms with van der Waals surface area (Å²) in [7, 11) is 3.67. The Balaban J connectivity index is 3.37. The number of hydrogen-bond donors (Lipinski definition) is 1. The SMILES string of the molecule is CSSC(C)(C)CS. The lowest BCUT2D eigenvalue weighted by Crippen LogP contribution is -2.14. The molecule has 0 heterocycles. The van der Waals surface area contributed by atoms with E-state index in [2.05, 4.69) is 32.7 Å². The lowest BCUT2D eigenvalue weighted by atomic mass is 10.2. The lowest BCUT2D eigenvalue weighted by Gasteiger charge is -2.18. The maximum absolute atomic E-state index is 4.20. The molecule has 0 amide bonds. The molecule has 0 rings (SSSR count). The van der Waals surface area contributed by atoms with E-state index in [9.17, 15) is 0 Å². The van der Waals surface area contributed by atoms with E-state index in [-0.39, 0.29) is 0 Å². The second-order valence-corrected chi connectivity index (χ2v) is 5.59. The van der Waals surface area contributed by atoms with E-state index in [1.54, 1.807) is 10.8 Å². The first-order valence-corrected chi connectivity index (χ1v) is 5.64. The highest BCUT2D eigenvalue weighted by Crippen LogP contribution is 2.33. The monoisotopic (exact) mass is 168 g/mol. The van der Waals surface area contributed by atoms with Crippen molar-refractivity contribution in [3.8, 4) is 0 Å². The Bertz CT molecular complexity index is 60.7. The second kappa shape index (κ2) is 3.96. The summed E-state index contributed by atoms with van der Waals surface area (Å²) >= 11 is 4.20. The summed E-state index contributed by atoms with van der Waals surface area (Å²) in [5, 5.41) is 0. The molecule has 0 spiro atoms. The Hall–Kier alpha value is 1.05. The average molecular weight is 168 g/mol. The predicted octanol–water partition coefficient (Wildman–Crippen LogP) is 2.71. The minimum Gasteiger partial charge on any atom is -0.178 e. The van der Waals surface area contributed by atoms with Crippen LogP contribution in [-0.4, -0.2) is 16.8 Å². The van der Waals surface area contributed by atoms with Crippen molar-refractivity contribution in [1.82, 2.24) is 0 Å². The van der Waals surface area contributed by atoms with Crippen LogP contribution in [0.1, 0.15) is 13.8 Å². The summed E-state index contributed by atoms with van der Waals surface area (Å²) < 4.78 is 0.336. The molecule has 0 aliphatic carbocycles. The molecular weight excluding hydrogens is 156 g/mol. The van der Waals surface area contributed by atoms with Gasteiger partial charge in [0.15, 0.2) is 0 Å². The molecule has 0 atom stereocenters. The van der Waals surface area contributed by atoms with Crippen LogP contribution in [0.4, 0.5) is 0 Å². The van der Waals surface area contributed by atoms with Gasteiger partial charge in [-0.05, 0) is 20.1 Å². The molecule has 8 heavy (non-hydrogen) atoms. The van der Waals surface area contributed by atoms with Crippen molar-refractivity contribution < 1.29 is 0 Å². The van der Waals surface area contributed by atoms with Crippen molar-refractivity contribution in [2.75, 3.05) is 12.0 Å². The van der Waals surface area contributed by atoms with Crippen LogP contribution in [0, 0.1) is 0 Å². The first-order valence-electron chi connectivity index (χ1n) is 2.45. The highest BCUT2D eigenvalue weighted by atomic mass is 33.1. The van der Waals surface area contributed by atoms with Gasteiger partial charge in [-0.15, -0.1) is 0 Å². The van der Waals surface area contributed by atoms with Gasteiger partial charge in [0.05, 0.1) is 0 Å². The average Bonchev–Trinajstić information content (AvgIpc) is 1.67. The Kier molecular flexibility index (Phi) is 4.48. The molecule has 0 aromatic heterocycles. The summed E-state index contributed by atoms with van der Waals surface area (Å²) in [5.74, 6) is 0.943. The molecule has 0 aromatic rings. The van der Waals surface area contributed by atoms with Gasteiger partial charge in [0.25, 0.3) is 0 Å². The molecule has 0 aliphatic heterocycles. The molecule has 0 fully saturated rings. The molecule has 3 heteroatoms. The van der Waals surface area contributed by atoms with Crippen LogP contribution < -0.4 is 0 Å². The van der Waals surface area contributed by atoms with Crippen LogP contribution in [0.3, 0.4) is 0 Å². The fraction of sp³-hybridized carbons (Fsp3) is 1.00. The van der Waals surface area contributed by atoms with E-state index in [1.165, 1.54) is 0 Å². The van der Waals surface area contributed by atoms with E-state index in [0.29, 0.717) is 4.75 Å². The standard InChI is InChI=1S/C5H12S3/c1-5(2,4-6)8-7-3/h6H,4H2,1-3H3. The largest absolute Gasteiger partial charge is 0.178 e. The van der Waals surface area contributed by atoms with Gasteiger partial charge < -0.3 is 0 Å². The summed E-state index contributed by atoms with van der Waals surface area (Å²) in [6.07, 6.45) is 2.09. The number of hydrogen-bond acceptors (Lipinski definition) is 3. The van der Waals surface area contributed by atoms with Gasteiger partial charge >= 0.3 is 0 Å². The molecule has 0 nitrogen and oxygen atoms in total. The van der Waals surface area contributed by atoms with Crippen molar-refractivity contribution in [3.05, 3.63) is 0 Å². The maximum atomic E-state index is 4.20. The summed E-state index contributed by atoms with van der Waals surface area (Å²) in [4.78, 5) is 0. The summed E-state index contributed by atoms with van der Waals surface area (Å²) in [6.45, 7) is 4.39. The molecule has 0 unspecified atom stereocenters. The van der Waals surface area contributed by atoms with Crippen molar-refractivity contribution in [3.63, 3.8) is 0 Å². The van der Waals surface area contributed by atoms with Gasteiger partial charge in [0.1, 0.15) is 0 Å². The van der Waals surface area contributed by atoms with E-state index >= 15 is 0 Å². The van der Waals surface area contributed by atoms with Crippen LogP contribution in [-0.2, 0) is 0 Å². The van der Waals surface area contributed by atoms with Gasteiger partial charge in [0.2, 0.25) is 0 Å². The van der Waals surface area contributed by atoms with Crippen molar-refractivity contribution in [2.24, 2.45) is 0 Å². The Labute approximate surface area is 65.0 Å². The topological polar surface area (TPSA) is 0 Å². The zero-order valence-electron chi connectivity index (χ0n) is 5.47. The minimum atomic E-state index is 0.336. The third-order valence-electron chi connectivity index (χ3n) is 0.690. The molecule has 0 N–H and O–H groups in total. The third kappa shape index (κ3) is 3.98. The molecule has 50 valence electrons. The second-order valence-electron chi connectivity index (χ2n) is 2.17. The van der Waals surface area contributed by atoms with Gasteiger partial charge in [-0.1, -0.05) is 21.6 Å². The highest BCUT2D eigenvalue weighted by molar-refractivity contribution is 8.77. The Morgan fingerprint density at radius 3 is 2.12 bits per heavy atom. The zero-order valence-corrected chi connectivity index (χ0v) is 8.00.